The van der Waals surface area contributed by atoms with Gasteiger partial charge < -0.3 is 14.4 Å². The van der Waals surface area contributed by atoms with Crippen LogP contribution >= 0.6 is 0 Å². The number of methoxy groups -OCH3 is 1. The minimum absolute atomic E-state index is 0.616. The van der Waals surface area contributed by atoms with Crippen LogP contribution in [0.5, 0.6) is 5.75 Å². The fourth-order valence-corrected chi connectivity index (χ4v) is 3.01. The number of rotatable bonds is 8. The Labute approximate surface area is 135 Å². The van der Waals surface area contributed by atoms with Crippen LogP contribution in [0.1, 0.15) is 19.4 Å². The first kappa shape index (κ1) is 17.3. The quantitative estimate of drug-likeness (QED) is 0.688. The summed E-state index contributed by atoms with van der Waals surface area (Å²) in [7, 11) is 1.71. The third-order valence-electron chi connectivity index (χ3n) is 4.45. The van der Waals surface area contributed by atoms with E-state index in [4.69, 9.17) is 9.47 Å². The van der Waals surface area contributed by atoms with Gasteiger partial charge in [-0.3, -0.25) is 4.90 Å². The van der Waals surface area contributed by atoms with Crippen LogP contribution < -0.4 is 4.74 Å². The zero-order valence-electron chi connectivity index (χ0n) is 14.3. The molecule has 0 N–H and O–H groups in total. The van der Waals surface area contributed by atoms with Crippen LogP contribution in [0.3, 0.4) is 0 Å². The summed E-state index contributed by atoms with van der Waals surface area (Å²) in [5.41, 5.74) is 1.38. The second-order valence-corrected chi connectivity index (χ2v) is 5.98. The topological polar surface area (TPSA) is 24.9 Å². The molecule has 1 aliphatic rings. The highest BCUT2D eigenvalue weighted by Gasteiger charge is 2.22. The lowest BCUT2D eigenvalue weighted by Gasteiger charge is -2.39. The zero-order chi connectivity index (χ0) is 15.8. The van der Waals surface area contributed by atoms with Crippen LogP contribution in [0.4, 0.5) is 0 Å². The zero-order valence-corrected chi connectivity index (χ0v) is 14.3. The summed E-state index contributed by atoms with van der Waals surface area (Å²) in [5.74, 6) is 0.931. The molecule has 1 fully saturated rings. The van der Waals surface area contributed by atoms with Crippen molar-refractivity contribution in [2.45, 2.75) is 26.3 Å². The highest BCUT2D eigenvalue weighted by Crippen LogP contribution is 2.14. The molecule has 1 unspecified atom stereocenters. The minimum Gasteiger partial charge on any atom is -0.497 e. The van der Waals surface area contributed by atoms with Crippen molar-refractivity contribution in [1.29, 1.82) is 0 Å². The van der Waals surface area contributed by atoms with E-state index < -0.39 is 0 Å². The maximum absolute atomic E-state index is 5.47. The van der Waals surface area contributed by atoms with Gasteiger partial charge in [-0.2, -0.15) is 0 Å². The Balaban J connectivity index is 1.71. The molecular weight excluding hydrogens is 276 g/mol. The molecule has 4 nitrogen and oxygen atoms in total. The normalized spacial score (nSPS) is 20.2. The molecule has 4 heteroatoms. The summed E-state index contributed by atoms with van der Waals surface area (Å²) in [5, 5.41) is 0. The van der Waals surface area contributed by atoms with Gasteiger partial charge in [0.1, 0.15) is 5.75 Å². The molecule has 124 valence electrons. The van der Waals surface area contributed by atoms with Crippen LogP contribution in [0, 0.1) is 0 Å². The van der Waals surface area contributed by atoms with Crippen molar-refractivity contribution in [2.75, 3.05) is 53.0 Å². The summed E-state index contributed by atoms with van der Waals surface area (Å²) in [6.07, 6.45) is 1.11. The molecular formula is C18H30N2O2. The molecule has 1 aliphatic heterocycles. The van der Waals surface area contributed by atoms with Crippen molar-refractivity contribution >= 4 is 0 Å². The first-order valence-corrected chi connectivity index (χ1v) is 8.40. The van der Waals surface area contributed by atoms with Gasteiger partial charge in [-0.05, 0) is 38.0 Å². The molecule has 1 atom stereocenters. The van der Waals surface area contributed by atoms with Gasteiger partial charge in [0.2, 0.25) is 0 Å². The van der Waals surface area contributed by atoms with Gasteiger partial charge in [-0.15, -0.1) is 0 Å². The van der Waals surface area contributed by atoms with Gasteiger partial charge in [0, 0.05) is 45.4 Å². The molecule has 1 aromatic carbocycles. The summed E-state index contributed by atoms with van der Waals surface area (Å²) in [4.78, 5) is 5.12. The standard InChI is InChI=1S/C18H30N2O2/c1-4-22-14-13-20-12-11-19(15-16(20)2)10-9-17-5-7-18(21-3)8-6-17/h5-8,16H,4,9-15H2,1-3H3. The highest BCUT2D eigenvalue weighted by atomic mass is 16.5. The summed E-state index contributed by atoms with van der Waals surface area (Å²) < 4.78 is 10.7. The lowest BCUT2D eigenvalue weighted by molar-refractivity contribution is 0.0498. The van der Waals surface area contributed by atoms with Crippen LogP contribution in [-0.2, 0) is 11.2 Å². The van der Waals surface area contributed by atoms with E-state index in [0.717, 1.165) is 58.1 Å². The van der Waals surface area contributed by atoms with Gasteiger partial charge in [0.05, 0.1) is 13.7 Å². The van der Waals surface area contributed by atoms with E-state index >= 15 is 0 Å². The van der Waals surface area contributed by atoms with Crippen LogP contribution in [0.15, 0.2) is 24.3 Å². The lowest BCUT2D eigenvalue weighted by atomic mass is 10.1. The predicted molar refractivity (Wildman–Crippen MR) is 90.7 cm³/mol. The third-order valence-corrected chi connectivity index (χ3v) is 4.45. The predicted octanol–water partition coefficient (Wildman–Crippen LogP) is 2.28. The molecule has 22 heavy (non-hydrogen) atoms. The molecule has 0 amide bonds. The molecule has 0 aromatic heterocycles. The first-order chi connectivity index (χ1) is 10.7. The second kappa shape index (κ2) is 9.13. The maximum Gasteiger partial charge on any atom is 0.118 e. The van der Waals surface area contributed by atoms with Crippen molar-refractivity contribution in [2.24, 2.45) is 0 Å². The Bertz CT molecular complexity index is 422. The van der Waals surface area contributed by atoms with Crippen molar-refractivity contribution in [3.05, 3.63) is 29.8 Å². The molecule has 0 bridgehead atoms. The molecule has 0 aliphatic carbocycles. The maximum atomic E-state index is 5.47. The van der Waals surface area contributed by atoms with Crippen molar-refractivity contribution in [1.82, 2.24) is 9.80 Å². The van der Waals surface area contributed by atoms with E-state index in [2.05, 4.69) is 35.8 Å². The number of hydrogen-bond acceptors (Lipinski definition) is 4. The summed E-state index contributed by atoms with van der Waals surface area (Å²) in [6, 6.07) is 9.04. The fraction of sp³-hybridized carbons (Fsp3) is 0.667. The van der Waals surface area contributed by atoms with E-state index in [-0.39, 0.29) is 0 Å². The van der Waals surface area contributed by atoms with Crippen LogP contribution in [0.25, 0.3) is 0 Å². The van der Waals surface area contributed by atoms with E-state index in [9.17, 15) is 0 Å². The smallest absolute Gasteiger partial charge is 0.118 e. The number of piperazine rings is 1. The van der Waals surface area contributed by atoms with Gasteiger partial charge >= 0.3 is 0 Å². The Kier molecular flexibility index (Phi) is 7.16. The van der Waals surface area contributed by atoms with Gasteiger partial charge in [-0.25, -0.2) is 0 Å². The van der Waals surface area contributed by atoms with E-state index in [1.165, 1.54) is 5.56 Å². The Hall–Kier alpha value is -1.10. The molecule has 1 aromatic rings. The van der Waals surface area contributed by atoms with Gasteiger partial charge in [0.25, 0.3) is 0 Å². The van der Waals surface area contributed by atoms with Crippen molar-refractivity contribution < 1.29 is 9.47 Å². The summed E-state index contributed by atoms with van der Waals surface area (Å²) >= 11 is 0. The molecule has 1 saturated heterocycles. The van der Waals surface area contributed by atoms with Crippen LogP contribution in [-0.4, -0.2) is 68.9 Å². The van der Waals surface area contributed by atoms with Crippen LogP contribution in [0.2, 0.25) is 0 Å². The Morgan fingerprint density at radius 2 is 1.91 bits per heavy atom. The molecule has 0 radical (unpaired) electrons. The SMILES string of the molecule is CCOCCN1CCN(CCc2ccc(OC)cc2)CC1C. The summed E-state index contributed by atoms with van der Waals surface area (Å²) in [6.45, 7) is 11.7. The van der Waals surface area contributed by atoms with Gasteiger partial charge in [-0.1, -0.05) is 12.1 Å². The monoisotopic (exact) mass is 306 g/mol. The number of hydrogen-bond donors (Lipinski definition) is 0. The van der Waals surface area contributed by atoms with E-state index in [0.29, 0.717) is 6.04 Å². The molecule has 0 saturated carbocycles. The molecule has 0 spiro atoms. The number of benzene rings is 1. The number of nitrogens with zero attached hydrogens (tertiary/aromatic N) is 2. The second-order valence-electron chi connectivity index (χ2n) is 5.98. The van der Waals surface area contributed by atoms with Crippen molar-refractivity contribution in [3.8, 4) is 5.75 Å². The first-order valence-electron chi connectivity index (χ1n) is 8.40. The van der Waals surface area contributed by atoms with Crippen molar-refractivity contribution in [3.63, 3.8) is 0 Å². The average molecular weight is 306 g/mol. The van der Waals surface area contributed by atoms with Gasteiger partial charge in [0.15, 0.2) is 0 Å². The molecule has 1 heterocycles. The number of ether oxygens (including phenoxy) is 2. The van der Waals surface area contributed by atoms with E-state index in [1.807, 2.05) is 12.1 Å². The highest BCUT2D eigenvalue weighted by molar-refractivity contribution is 5.27. The molecule has 2 rings (SSSR count). The lowest BCUT2D eigenvalue weighted by Crippen LogP contribution is -2.52. The fourth-order valence-electron chi connectivity index (χ4n) is 3.01. The largest absolute Gasteiger partial charge is 0.497 e. The Morgan fingerprint density at radius 1 is 1.14 bits per heavy atom. The third kappa shape index (κ3) is 5.27. The minimum atomic E-state index is 0.616. The Morgan fingerprint density at radius 3 is 2.55 bits per heavy atom. The van der Waals surface area contributed by atoms with E-state index in [1.54, 1.807) is 7.11 Å². The average Bonchev–Trinajstić information content (AvgIpc) is 2.55.